The van der Waals surface area contributed by atoms with E-state index in [2.05, 4.69) is 20.6 Å². The summed E-state index contributed by atoms with van der Waals surface area (Å²) in [5.41, 5.74) is 8.28. The van der Waals surface area contributed by atoms with Crippen molar-refractivity contribution in [2.75, 3.05) is 11.9 Å². The van der Waals surface area contributed by atoms with Gasteiger partial charge in [0.15, 0.2) is 0 Å². The lowest BCUT2D eigenvalue weighted by Crippen LogP contribution is -2.27. The number of benzene rings is 3. The summed E-state index contributed by atoms with van der Waals surface area (Å²) < 4.78 is 5.29. The first kappa shape index (κ1) is 22.7. The fraction of sp³-hybridized carbons (Fsp3) is 0.154. The van der Waals surface area contributed by atoms with Gasteiger partial charge in [-0.1, -0.05) is 66.7 Å². The van der Waals surface area contributed by atoms with E-state index in [-0.39, 0.29) is 12.6 Å². The van der Waals surface area contributed by atoms with Crippen LogP contribution >= 0.6 is 0 Å². The lowest BCUT2D eigenvalue weighted by molar-refractivity contribution is 0.100. The average molecular weight is 456 g/mol. The van der Waals surface area contributed by atoms with Gasteiger partial charge in [-0.3, -0.25) is 4.79 Å². The van der Waals surface area contributed by atoms with Gasteiger partial charge in [0.2, 0.25) is 0 Å². The molecule has 4 N–H and O–H groups in total. The number of fused-ring (bicyclic) bond motifs is 1. The van der Waals surface area contributed by atoms with Crippen LogP contribution in [0.3, 0.4) is 0 Å². The highest BCUT2D eigenvalue weighted by Crippen LogP contribution is 2.27. The van der Waals surface area contributed by atoms with Crippen LogP contribution in [0.4, 0.5) is 10.6 Å². The molecule has 0 unspecified atom stereocenters. The number of aromatic nitrogens is 2. The Morgan fingerprint density at radius 1 is 0.912 bits per heavy atom. The van der Waals surface area contributed by atoms with Gasteiger partial charge in [0.1, 0.15) is 18.8 Å². The number of alkyl carbamates (subject to hydrolysis) is 1. The van der Waals surface area contributed by atoms with E-state index in [4.69, 9.17) is 10.5 Å². The predicted molar refractivity (Wildman–Crippen MR) is 130 cm³/mol. The smallest absolute Gasteiger partial charge is 0.407 e. The predicted octanol–water partition coefficient (Wildman–Crippen LogP) is 4.20. The van der Waals surface area contributed by atoms with Crippen molar-refractivity contribution in [2.45, 2.75) is 19.1 Å². The number of amides is 2. The minimum atomic E-state index is -0.548. The molecule has 0 saturated heterocycles. The average Bonchev–Trinajstić information content (AvgIpc) is 2.87. The number of carbonyl (C=O) groups is 2. The summed E-state index contributed by atoms with van der Waals surface area (Å²) in [5, 5.41) is 6.94. The van der Waals surface area contributed by atoms with Crippen LogP contribution in [0.1, 0.15) is 33.9 Å². The third-order valence-corrected chi connectivity index (χ3v) is 5.36. The van der Waals surface area contributed by atoms with Crippen molar-refractivity contribution in [3.05, 3.63) is 102 Å². The van der Waals surface area contributed by atoms with E-state index in [1.807, 2.05) is 66.7 Å². The Bertz CT molecular complexity index is 1270. The number of anilines is 1. The number of nitrogens with zero attached hydrogens (tertiary/aromatic N) is 2. The number of hydrogen-bond acceptors (Lipinski definition) is 6. The molecule has 0 saturated carbocycles. The number of primary amides is 1. The molecule has 172 valence electrons. The molecule has 0 aliphatic rings. The zero-order valence-electron chi connectivity index (χ0n) is 18.5. The standard InChI is InChI=1S/C26H25N5O3/c27-24(32)20-12-7-13-21-23(20)29-17-30-25(21)31-22(19-10-5-2-6-11-19)14-15-28-26(33)34-16-18-8-3-1-4-9-18/h1-13,17,22H,14-16H2,(H2,27,32)(H,28,33)(H,29,30,31)/t22-/m1/s1. The number of nitrogens with one attached hydrogen (secondary N) is 2. The van der Waals surface area contributed by atoms with Gasteiger partial charge < -0.3 is 21.1 Å². The van der Waals surface area contributed by atoms with Gasteiger partial charge in [-0.05, 0) is 29.7 Å². The van der Waals surface area contributed by atoms with E-state index >= 15 is 0 Å². The third kappa shape index (κ3) is 5.66. The van der Waals surface area contributed by atoms with Crippen LogP contribution in [0, 0.1) is 0 Å². The molecule has 8 nitrogen and oxygen atoms in total. The maximum atomic E-state index is 12.2. The van der Waals surface area contributed by atoms with Crippen molar-refractivity contribution in [2.24, 2.45) is 5.73 Å². The molecule has 0 aliphatic carbocycles. The maximum Gasteiger partial charge on any atom is 0.407 e. The number of hydrogen-bond donors (Lipinski definition) is 3. The van der Waals surface area contributed by atoms with E-state index in [1.54, 1.807) is 12.1 Å². The van der Waals surface area contributed by atoms with Crippen molar-refractivity contribution >= 4 is 28.7 Å². The summed E-state index contributed by atoms with van der Waals surface area (Å²) >= 11 is 0. The molecule has 0 radical (unpaired) electrons. The van der Waals surface area contributed by atoms with Gasteiger partial charge in [-0.2, -0.15) is 0 Å². The van der Waals surface area contributed by atoms with E-state index in [0.717, 1.165) is 11.1 Å². The number of nitrogens with two attached hydrogens (primary N) is 1. The molecule has 1 atom stereocenters. The maximum absolute atomic E-state index is 12.2. The Hall–Kier alpha value is -4.46. The van der Waals surface area contributed by atoms with E-state index in [9.17, 15) is 9.59 Å². The molecule has 0 fully saturated rings. The Balaban J connectivity index is 1.46. The van der Waals surface area contributed by atoms with E-state index in [0.29, 0.717) is 35.2 Å². The third-order valence-electron chi connectivity index (χ3n) is 5.36. The number of rotatable bonds is 9. The van der Waals surface area contributed by atoms with Gasteiger partial charge in [-0.25, -0.2) is 14.8 Å². The second-order valence-corrected chi connectivity index (χ2v) is 7.67. The molecule has 1 aromatic heterocycles. The lowest BCUT2D eigenvalue weighted by Gasteiger charge is -2.21. The highest BCUT2D eigenvalue weighted by molar-refractivity contribution is 6.06. The molecule has 4 rings (SSSR count). The van der Waals surface area contributed by atoms with Crippen LogP contribution in [0.25, 0.3) is 10.9 Å². The summed E-state index contributed by atoms with van der Waals surface area (Å²) in [7, 11) is 0. The van der Waals surface area contributed by atoms with Crippen molar-refractivity contribution in [1.82, 2.24) is 15.3 Å². The van der Waals surface area contributed by atoms with E-state index in [1.165, 1.54) is 6.33 Å². The molecule has 1 heterocycles. The first-order chi connectivity index (χ1) is 16.6. The molecule has 0 spiro atoms. The van der Waals surface area contributed by atoms with Crippen LogP contribution in [0.5, 0.6) is 0 Å². The van der Waals surface area contributed by atoms with Crippen LogP contribution in [0.2, 0.25) is 0 Å². The van der Waals surface area contributed by atoms with E-state index < -0.39 is 12.0 Å². The Morgan fingerprint density at radius 3 is 2.38 bits per heavy atom. The summed E-state index contributed by atoms with van der Waals surface area (Å²) in [6.07, 6.45) is 1.50. The van der Waals surface area contributed by atoms with Gasteiger partial charge in [0, 0.05) is 11.9 Å². The van der Waals surface area contributed by atoms with Crippen molar-refractivity contribution in [1.29, 1.82) is 0 Å². The number of carbonyl (C=O) groups excluding carboxylic acids is 2. The second-order valence-electron chi connectivity index (χ2n) is 7.67. The Kier molecular flexibility index (Phi) is 7.29. The summed E-state index contributed by atoms with van der Waals surface area (Å²) in [5.74, 6) is 0.0293. The topological polar surface area (TPSA) is 119 Å². The first-order valence-corrected chi connectivity index (χ1v) is 10.9. The molecule has 4 aromatic rings. The minimum absolute atomic E-state index is 0.161. The van der Waals surface area contributed by atoms with Gasteiger partial charge in [0.05, 0.1) is 17.1 Å². The zero-order chi connectivity index (χ0) is 23.8. The molecule has 34 heavy (non-hydrogen) atoms. The fourth-order valence-corrected chi connectivity index (χ4v) is 3.67. The molecular formula is C26H25N5O3. The molecule has 8 heteroatoms. The van der Waals surface area contributed by atoms with Crippen LogP contribution < -0.4 is 16.4 Å². The van der Waals surface area contributed by atoms with Crippen LogP contribution in [-0.2, 0) is 11.3 Å². The van der Waals surface area contributed by atoms with Crippen LogP contribution in [0.15, 0.2) is 85.2 Å². The van der Waals surface area contributed by atoms with Gasteiger partial charge in [-0.15, -0.1) is 0 Å². The summed E-state index contributed by atoms with van der Waals surface area (Å²) in [4.78, 5) is 32.6. The molecule has 0 aliphatic heterocycles. The summed E-state index contributed by atoms with van der Waals surface area (Å²) in [6.45, 7) is 0.595. The highest BCUT2D eigenvalue weighted by Gasteiger charge is 2.16. The molecule has 0 bridgehead atoms. The SMILES string of the molecule is NC(=O)c1cccc2c(N[C@H](CCNC(=O)OCc3ccccc3)c3ccccc3)ncnc12. The molecule has 2 amide bonds. The lowest BCUT2D eigenvalue weighted by atomic mass is 10.0. The minimum Gasteiger partial charge on any atom is -0.445 e. The van der Waals surface area contributed by atoms with Crippen molar-refractivity contribution in [3.63, 3.8) is 0 Å². The quantitative estimate of drug-likeness (QED) is 0.348. The molecule has 3 aromatic carbocycles. The zero-order valence-corrected chi connectivity index (χ0v) is 18.5. The number of ether oxygens (including phenoxy) is 1. The second kappa shape index (κ2) is 10.9. The normalized spacial score (nSPS) is 11.5. The summed E-state index contributed by atoms with van der Waals surface area (Å²) in [6, 6.07) is 24.4. The van der Waals surface area contributed by atoms with Gasteiger partial charge in [0.25, 0.3) is 5.91 Å². The number of para-hydroxylation sites is 1. The van der Waals surface area contributed by atoms with Crippen molar-refractivity contribution < 1.29 is 14.3 Å². The van der Waals surface area contributed by atoms with Crippen LogP contribution in [-0.4, -0.2) is 28.5 Å². The fourth-order valence-electron chi connectivity index (χ4n) is 3.67. The largest absolute Gasteiger partial charge is 0.445 e. The first-order valence-electron chi connectivity index (χ1n) is 10.9. The van der Waals surface area contributed by atoms with Gasteiger partial charge >= 0.3 is 6.09 Å². The highest BCUT2D eigenvalue weighted by atomic mass is 16.5. The Morgan fingerprint density at radius 2 is 1.65 bits per heavy atom. The monoisotopic (exact) mass is 455 g/mol. The molecular weight excluding hydrogens is 430 g/mol. The Labute approximate surface area is 197 Å². The van der Waals surface area contributed by atoms with Crippen molar-refractivity contribution in [3.8, 4) is 0 Å².